The molecule has 1 aliphatic rings. The molecule has 0 bridgehead atoms. The van der Waals surface area contributed by atoms with E-state index in [4.69, 9.17) is 14.6 Å². The van der Waals surface area contributed by atoms with Gasteiger partial charge in [-0.2, -0.15) is 0 Å². The fraction of sp³-hybridized carbons (Fsp3) is 0.412. The molecule has 7 heteroatoms. The van der Waals surface area contributed by atoms with E-state index in [1.165, 1.54) is 0 Å². The lowest BCUT2D eigenvalue weighted by Gasteiger charge is -2.29. The lowest BCUT2D eigenvalue weighted by Crippen LogP contribution is -2.39. The van der Waals surface area contributed by atoms with Crippen molar-refractivity contribution in [3.05, 3.63) is 28.6 Å². The molecule has 1 N–H and O–H groups in total. The van der Waals surface area contributed by atoms with Gasteiger partial charge in [-0.05, 0) is 24.6 Å². The van der Waals surface area contributed by atoms with Gasteiger partial charge in [-0.15, -0.1) is 11.3 Å². The lowest BCUT2D eigenvalue weighted by molar-refractivity contribution is -0.121. The number of thiazole rings is 1. The summed E-state index contributed by atoms with van der Waals surface area (Å²) in [5.41, 5.74) is 2.57. The molecular weight excluding hydrogens is 328 g/mol. The molecule has 0 saturated heterocycles. The summed E-state index contributed by atoms with van der Waals surface area (Å²) in [7, 11) is 1.68. The molecular formula is C17H20N2O4S. The second-order valence-electron chi connectivity index (χ2n) is 5.46. The van der Waals surface area contributed by atoms with E-state index in [0.717, 1.165) is 28.4 Å². The second-order valence-corrected chi connectivity index (χ2v) is 6.41. The zero-order valence-electron chi connectivity index (χ0n) is 13.5. The van der Waals surface area contributed by atoms with Gasteiger partial charge in [0.15, 0.2) is 6.61 Å². The van der Waals surface area contributed by atoms with Crippen molar-refractivity contribution in [2.75, 3.05) is 38.4 Å². The van der Waals surface area contributed by atoms with E-state index >= 15 is 0 Å². The minimum absolute atomic E-state index is 0.0373. The molecule has 0 unspecified atom stereocenters. The van der Waals surface area contributed by atoms with Gasteiger partial charge in [-0.25, -0.2) is 4.98 Å². The fourth-order valence-corrected chi connectivity index (χ4v) is 3.37. The second kappa shape index (κ2) is 7.74. The van der Waals surface area contributed by atoms with Crippen molar-refractivity contribution in [1.29, 1.82) is 0 Å². The van der Waals surface area contributed by atoms with Crippen LogP contribution in [0.5, 0.6) is 5.75 Å². The molecule has 128 valence electrons. The van der Waals surface area contributed by atoms with Crippen molar-refractivity contribution >= 4 is 22.9 Å². The molecule has 3 rings (SSSR count). The van der Waals surface area contributed by atoms with Crippen LogP contribution in [-0.2, 0) is 16.0 Å². The summed E-state index contributed by atoms with van der Waals surface area (Å²) < 4.78 is 10.6. The first-order chi connectivity index (χ1) is 11.7. The number of carbonyl (C=O) groups is 1. The van der Waals surface area contributed by atoms with Crippen molar-refractivity contribution in [1.82, 2.24) is 4.98 Å². The zero-order chi connectivity index (χ0) is 16.9. The maximum atomic E-state index is 12.1. The number of rotatable bonds is 7. The summed E-state index contributed by atoms with van der Waals surface area (Å²) in [6.45, 7) is 1.21. The number of nitrogens with zero attached hydrogens (tertiary/aromatic N) is 2. The van der Waals surface area contributed by atoms with E-state index in [1.54, 1.807) is 23.3 Å². The maximum absolute atomic E-state index is 12.1. The van der Waals surface area contributed by atoms with Crippen molar-refractivity contribution in [2.45, 2.75) is 12.8 Å². The Kier molecular flexibility index (Phi) is 5.44. The molecule has 0 radical (unpaired) electrons. The Bertz CT molecular complexity index is 716. The van der Waals surface area contributed by atoms with Crippen LogP contribution in [0.1, 0.15) is 11.4 Å². The first kappa shape index (κ1) is 16.9. The van der Waals surface area contributed by atoms with Gasteiger partial charge in [0.1, 0.15) is 5.75 Å². The Labute approximate surface area is 144 Å². The van der Waals surface area contributed by atoms with Gasteiger partial charge in [0.2, 0.25) is 0 Å². The topological polar surface area (TPSA) is 71.9 Å². The van der Waals surface area contributed by atoms with Crippen LogP contribution in [0.25, 0.3) is 11.3 Å². The third-order valence-corrected chi connectivity index (χ3v) is 4.72. The minimum atomic E-state index is -0.0906. The highest BCUT2D eigenvalue weighted by atomic mass is 32.1. The first-order valence-electron chi connectivity index (χ1n) is 7.84. The van der Waals surface area contributed by atoms with Gasteiger partial charge in [-0.3, -0.25) is 4.79 Å². The maximum Gasteiger partial charge on any atom is 0.265 e. The molecule has 0 saturated carbocycles. The molecule has 2 heterocycles. The van der Waals surface area contributed by atoms with Gasteiger partial charge in [0, 0.05) is 37.6 Å². The van der Waals surface area contributed by atoms with Gasteiger partial charge in [-0.1, -0.05) is 0 Å². The summed E-state index contributed by atoms with van der Waals surface area (Å²) in [6.07, 6.45) is 1.32. The summed E-state index contributed by atoms with van der Waals surface area (Å²) in [6, 6.07) is 5.75. The Morgan fingerprint density at radius 1 is 1.46 bits per heavy atom. The van der Waals surface area contributed by atoms with Crippen LogP contribution in [0.15, 0.2) is 23.6 Å². The molecule has 24 heavy (non-hydrogen) atoms. The fourth-order valence-electron chi connectivity index (χ4n) is 2.58. The Morgan fingerprint density at radius 3 is 3.12 bits per heavy atom. The average Bonchev–Trinajstić information content (AvgIpc) is 3.07. The number of hydrogen-bond acceptors (Lipinski definition) is 6. The number of aromatic nitrogens is 1. The number of amides is 1. The summed E-state index contributed by atoms with van der Waals surface area (Å²) in [4.78, 5) is 18.4. The van der Waals surface area contributed by atoms with E-state index in [9.17, 15) is 4.79 Å². The first-order valence-corrected chi connectivity index (χ1v) is 8.72. The number of hydrogen-bond donors (Lipinski definition) is 1. The molecule has 0 spiro atoms. The van der Waals surface area contributed by atoms with Gasteiger partial charge >= 0.3 is 0 Å². The molecule has 1 aromatic carbocycles. The van der Waals surface area contributed by atoms with Crippen LogP contribution < -0.4 is 9.64 Å². The molecule has 6 nitrogen and oxygen atoms in total. The third kappa shape index (κ3) is 3.58. The van der Waals surface area contributed by atoms with E-state index in [-0.39, 0.29) is 19.1 Å². The molecule has 2 aromatic rings. The highest BCUT2D eigenvalue weighted by Gasteiger charge is 2.25. The smallest absolute Gasteiger partial charge is 0.265 e. The molecule has 0 aliphatic carbocycles. The quantitative estimate of drug-likeness (QED) is 0.830. The number of carbonyl (C=O) groups excluding carboxylic acids is 1. The van der Waals surface area contributed by atoms with Crippen LogP contribution >= 0.6 is 11.3 Å². The van der Waals surface area contributed by atoms with Crippen molar-refractivity contribution in [3.8, 4) is 17.0 Å². The molecule has 1 aromatic heterocycles. The minimum Gasteiger partial charge on any atom is -0.482 e. The van der Waals surface area contributed by atoms with E-state index in [1.807, 2.05) is 23.6 Å². The standard InChI is InChI=1S/C17H20N2O4S/c1-22-8-5-16-18-13(11-24-16)12-3-4-15-14(9-12)19(6-2-7-20)17(21)10-23-15/h3-4,9,11,20H,2,5-8,10H2,1H3. The predicted molar refractivity (Wildman–Crippen MR) is 92.7 cm³/mol. The average molecular weight is 348 g/mol. The molecule has 1 amide bonds. The van der Waals surface area contributed by atoms with E-state index in [0.29, 0.717) is 25.3 Å². The number of benzene rings is 1. The molecule has 1 aliphatic heterocycles. The van der Waals surface area contributed by atoms with Crippen molar-refractivity contribution in [3.63, 3.8) is 0 Å². The molecule has 0 atom stereocenters. The number of anilines is 1. The Balaban J connectivity index is 1.87. The van der Waals surface area contributed by atoms with E-state index in [2.05, 4.69) is 4.98 Å². The summed E-state index contributed by atoms with van der Waals surface area (Å²) in [5.74, 6) is 0.596. The van der Waals surface area contributed by atoms with Crippen LogP contribution in [0.2, 0.25) is 0 Å². The normalized spacial score (nSPS) is 13.8. The molecule has 0 fully saturated rings. The SMILES string of the molecule is COCCc1nc(-c2ccc3c(c2)N(CCCO)C(=O)CO3)cs1. The van der Waals surface area contributed by atoms with Crippen LogP contribution in [0.4, 0.5) is 5.69 Å². The summed E-state index contributed by atoms with van der Waals surface area (Å²) in [5, 5.41) is 12.1. The highest BCUT2D eigenvalue weighted by Crippen LogP contribution is 2.36. The Hall–Kier alpha value is -1.96. The number of aliphatic hydroxyl groups is 1. The van der Waals surface area contributed by atoms with Crippen molar-refractivity contribution < 1.29 is 19.4 Å². The lowest BCUT2D eigenvalue weighted by atomic mass is 10.1. The Morgan fingerprint density at radius 2 is 2.33 bits per heavy atom. The van der Waals surface area contributed by atoms with Gasteiger partial charge in [0.05, 0.1) is 23.0 Å². The van der Waals surface area contributed by atoms with Gasteiger partial charge < -0.3 is 19.5 Å². The predicted octanol–water partition coefficient (Wildman–Crippen LogP) is 2.11. The van der Waals surface area contributed by atoms with E-state index < -0.39 is 0 Å². The monoisotopic (exact) mass is 348 g/mol. The van der Waals surface area contributed by atoms with Crippen LogP contribution in [0, 0.1) is 0 Å². The number of fused-ring (bicyclic) bond motifs is 1. The third-order valence-electron chi connectivity index (χ3n) is 3.81. The van der Waals surface area contributed by atoms with Crippen LogP contribution in [-0.4, -0.2) is 49.5 Å². The highest BCUT2D eigenvalue weighted by molar-refractivity contribution is 7.09. The zero-order valence-corrected chi connectivity index (χ0v) is 14.3. The summed E-state index contributed by atoms with van der Waals surface area (Å²) >= 11 is 1.60. The van der Waals surface area contributed by atoms with Crippen molar-refractivity contribution in [2.24, 2.45) is 0 Å². The number of aliphatic hydroxyl groups excluding tert-OH is 1. The van der Waals surface area contributed by atoms with Crippen LogP contribution in [0.3, 0.4) is 0 Å². The largest absolute Gasteiger partial charge is 0.482 e. The number of methoxy groups -OCH3 is 1. The number of ether oxygens (including phenoxy) is 2. The van der Waals surface area contributed by atoms with Gasteiger partial charge in [0.25, 0.3) is 5.91 Å².